The second-order valence-electron chi connectivity index (χ2n) is 2.61. The fourth-order valence-electron chi connectivity index (χ4n) is 1.03. The quantitative estimate of drug-likeness (QED) is 0.590. The zero-order valence-electron chi connectivity index (χ0n) is 6.21. The summed E-state index contributed by atoms with van der Waals surface area (Å²) < 4.78 is 0. The zero-order valence-corrected chi connectivity index (χ0v) is 6.21. The summed E-state index contributed by atoms with van der Waals surface area (Å²) in [5.41, 5.74) is 0. The molecule has 1 heterocycles. The van der Waals surface area contributed by atoms with E-state index in [2.05, 4.69) is 17.2 Å². The lowest BCUT2D eigenvalue weighted by Crippen LogP contribution is -2.01. The topological polar surface area (TPSA) is 41.8 Å². The lowest BCUT2D eigenvalue weighted by atomic mass is 10.1. The SMILES string of the molecule is CCCCC1CC(=O)N=N1. The average Bonchev–Trinajstić information content (AvgIpc) is 2.31. The fraction of sp³-hybridized carbons (Fsp3) is 0.857. The number of carbonyl (C=O) groups excluding carboxylic acids is 1. The maximum atomic E-state index is 10.6. The van der Waals surface area contributed by atoms with Crippen LogP contribution in [0.2, 0.25) is 0 Å². The Bertz CT molecular complexity index is 154. The number of amides is 1. The van der Waals surface area contributed by atoms with Crippen molar-refractivity contribution in [3.05, 3.63) is 0 Å². The molecule has 0 bridgehead atoms. The van der Waals surface area contributed by atoms with Crippen LogP contribution in [-0.2, 0) is 4.79 Å². The Hall–Kier alpha value is -0.730. The standard InChI is InChI=1S/C7H12N2O/c1-2-3-4-6-5-7(10)9-8-6/h6H,2-5H2,1H3. The Labute approximate surface area is 60.5 Å². The molecule has 1 atom stereocenters. The van der Waals surface area contributed by atoms with E-state index in [-0.39, 0.29) is 11.9 Å². The van der Waals surface area contributed by atoms with Crippen LogP contribution in [0.15, 0.2) is 10.2 Å². The lowest BCUT2D eigenvalue weighted by molar-refractivity contribution is -0.117. The van der Waals surface area contributed by atoms with E-state index in [1.807, 2.05) is 0 Å². The highest BCUT2D eigenvalue weighted by atomic mass is 16.2. The zero-order chi connectivity index (χ0) is 7.40. The molecule has 56 valence electrons. The summed E-state index contributed by atoms with van der Waals surface area (Å²) in [6, 6.07) is 0.201. The van der Waals surface area contributed by atoms with E-state index in [0.717, 1.165) is 12.8 Å². The molecule has 0 spiro atoms. The van der Waals surface area contributed by atoms with Gasteiger partial charge >= 0.3 is 0 Å². The molecule has 0 fully saturated rings. The predicted octanol–water partition coefficient (Wildman–Crippen LogP) is 1.93. The molecule has 0 aromatic rings. The first kappa shape index (κ1) is 7.38. The normalized spacial score (nSPS) is 24.1. The third kappa shape index (κ3) is 1.90. The van der Waals surface area contributed by atoms with Crippen molar-refractivity contribution in [2.24, 2.45) is 10.2 Å². The van der Waals surface area contributed by atoms with Crippen LogP contribution in [0, 0.1) is 0 Å². The van der Waals surface area contributed by atoms with Gasteiger partial charge in [-0.2, -0.15) is 5.11 Å². The van der Waals surface area contributed by atoms with Gasteiger partial charge in [0.25, 0.3) is 5.91 Å². The van der Waals surface area contributed by atoms with Gasteiger partial charge in [-0.1, -0.05) is 19.8 Å². The largest absolute Gasteiger partial charge is 0.271 e. The van der Waals surface area contributed by atoms with Crippen molar-refractivity contribution >= 4 is 5.91 Å². The molecular formula is C7H12N2O. The van der Waals surface area contributed by atoms with Crippen LogP contribution in [0.4, 0.5) is 0 Å². The van der Waals surface area contributed by atoms with Gasteiger partial charge in [0.2, 0.25) is 0 Å². The maximum absolute atomic E-state index is 10.6. The Kier molecular flexibility index (Phi) is 2.54. The molecular weight excluding hydrogens is 128 g/mol. The molecule has 3 heteroatoms. The van der Waals surface area contributed by atoms with Crippen molar-refractivity contribution in [3.8, 4) is 0 Å². The summed E-state index contributed by atoms with van der Waals surface area (Å²) in [7, 11) is 0. The molecule has 0 radical (unpaired) electrons. The van der Waals surface area contributed by atoms with Gasteiger partial charge in [0, 0.05) is 0 Å². The average molecular weight is 140 g/mol. The molecule has 0 saturated carbocycles. The van der Waals surface area contributed by atoms with Crippen LogP contribution in [0.3, 0.4) is 0 Å². The first-order valence-corrected chi connectivity index (χ1v) is 3.76. The van der Waals surface area contributed by atoms with Gasteiger partial charge in [-0.05, 0) is 6.42 Å². The van der Waals surface area contributed by atoms with Gasteiger partial charge in [0.1, 0.15) is 0 Å². The van der Waals surface area contributed by atoms with E-state index >= 15 is 0 Å². The van der Waals surface area contributed by atoms with Crippen LogP contribution in [0.5, 0.6) is 0 Å². The van der Waals surface area contributed by atoms with Crippen molar-refractivity contribution in [1.29, 1.82) is 0 Å². The molecule has 1 aliphatic rings. The van der Waals surface area contributed by atoms with E-state index in [0.29, 0.717) is 6.42 Å². The molecule has 1 rings (SSSR count). The first-order valence-electron chi connectivity index (χ1n) is 3.76. The molecule has 0 aromatic carbocycles. The van der Waals surface area contributed by atoms with E-state index < -0.39 is 0 Å². The third-order valence-corrected chi connectivity index (χ3v) is 1.63. The van der Waals surface area contributed by atoms with E-state index in [4.69, 9.17) is 0 Å². The molecule has 1 aliphatic heterocycles. The van der Waals surface area contributed by atoms with Crippen LogP contribution >= 0.6 is 0 Å². The van der Waals surface area contributed by atoms with Crippen molar-refractivity contribution in [1.82, 2.24) is 0 Å². The summed E-state index contributed by atoms with van der Waals surface area (Å²) >= 11 is 0. The molecule has 10 heavy (non-hydrogen) atoms. The highest BCUT2D eigenvalue weighted by Gasteiger charge is 2.17. The maximum Gasteiger partial charge on any atom is 0.266 e. The minimum Gasteiger partial charge on any atom is -0.271 e. The molecule has 0 aliphatic carbocycles. The summed E-state index contributed by atoms with van der Waals surface area (Å²) in [4.78, 5) is 10.6. The van der Waals surface area contributed by atoms with Crippen molar-refractivity contribution in [3.63, 3.8) is 0 Å². The smallest absolute Gasteiger partial charge is 0.266 e. The second kappa shape index (κ2) is 3.44. The van der Waals surface area contributed by atoms with Crippen LogP contribution in [-0.4, -0.2) is 11.9 Å². The van der Waals surface area contributed by atoms with Crippen molar-refractivity contribution in [2.75, 3.05) is 0 Å². The summed E-state index contributed by atoms with van der Waals surface area (Å²) in [6.45, 7) is 2.13. The van der Waals surface area contributed by atoms with E-state index in [1.54, 1.807) is 0 Å². The van der Waals surface area contributed by atoms with Gasteiger partial charge in [-0.25, -0.2) is 0 Å². The van der Waals surface area contributed by atoms with Gasteiger partial charge in [-0.15, -0.1) is 5.11 Å². The van der Waals surface area contributed by atoms with Crippen LogP contribution in [0.1, 0.15) is 32.6 Å². The molecule has 0 aromatic heterocycles. The minimum absolute atomic E-state index is 0.0545. The van der Waals surface area contributed by atoms with Gasteiger partial charge in [0.05, 0.1) is 12.5 Å². The third-order valence-electron chi connectivity index (χ3n) is 1.63. The Balaban J connectivity index is 2.20. The molecule has 1 amide bonds. The highest BCUT2D eigenvalue weighted by Crippen LogP contribution is 2.15. The number of rotatable bonds is 3. The minimum atomic E-state index is -0.0545. The summed E-state index contributed by atoms with van der Waals surface area (Å²) in [6.07, 6.45) is 3.88. The Morgan fingerprint density at radius 2 is 2.50 bits per heavy atom. The summed E-state index contributed by atoms with van der Waals surface area (Å²) in [5.74, 6) is -0.0545. The number of carbonyl (C=O) groups is 1. The number of unbranched alkanes of at least 4 members (excludes halogenated alkanes) is 1. The monoisotopic (exact) mass is 140 g/mol. The number of nitrogens with zero attached hydrogens (tertiary/aromatic N) is 2. The predicted molar refractivity (Wildman–Crippen MR) is 37.8 cm³/mol. The molecule has 3 nitrogen and oxygen atoms in total. The van der Waals surface area contributed by atoms with Crippen LogP contribution < -0.4 is 0 Å². The summed E-state index contributed by atoms with van der Waals surface area (Å²) in [5, 5.41) is 7.29. The number of azo groups is 1. The lowest BCUT2D eigenvalue weighted by Gasteiger charge is -1.99. The number of hydrogen-bond acceptors (Lipinski definition) is 2. The van der Waals surface area contributed by atoms with Gasteiger partial charge in [-0.3, -0.25) is 4.79 Å². The van der Waals surface area contributed by atoms with E-state index in [9.17, 15) is 4.79 Å². The molecule has 0 N–H and O–H groups in total. The molecule has 0 saturated heterocycles. The van der Waals surface area contributed by atoms with Crippen LogP contribution in [0.25, 0.3) is 0 Å². The van der Waals surface area contributed by atoms with E-state index in [1.165, 1.54) is 6.42 Å². The Morgan fingerprint density at radius 1 is 1.70 bits per heavy atom. The van der Waals surface area contributed by atoms with Gasteiger partial charge < -0.3 is 0 Å². The Morgan fingerprint density at radius 3 is 3.00 bits per heavy atom. The number of hydrogen-bond donors (Lipinski definition) is 0. The van der Waals surface area contributed by atoms with Gasteiger partial charge in [0.15, 0.2) is 0 Å². The first-order chi connectivity index (χ1) is 4.83. The molecule has 1 unspecified atom stereocenters. The second-order valence-corrected chi connectivity index (χ2v) is 2.61. The fourth-order valence-corrected chi connectivity index (χ4v) is 1.03. The highest BCUT2D eigenvalue weighted by molar-refractivity contribution is 5.78. The van der Waals surface area contributed by atoms with Crippen molar-refractivity contribution in [2.45, 2.75) is 38.6 Å². The van der Waals surface area contributed by atoms with Crippen molar-refractivity contribution < 1.29 is 4.79 Å².